The first-order valence-electron chi connectivity index (χ1n) is 7.47. The maximum Gasteiger partial charge on any atom is 0.290 e. The van der Waals surface area contributed by atoms with Crippen LogP contribution in [0.3, 0.4) is 0 Å². The Kier molecular flexibility index (Phi) is 5.21. The molecule has 5 nitrogen and oxygen atoms in total. The van der Waals surface area contributed by atoms with Crippen LogP contribution in [0, 0.1) is 0 Å². The quantitative estimate of drug-likeness (QED) is 0.765. The second-order valence-electron chi connectivity index (χ2n) is 5.59. The molecule has 0 spiro atoms. The lowest BCUT2D eigenvalue weighted by molar-refractivity contribution is 0.0655. The molecule has 0 unspecified atom stereocenters. The summed E-state index contributed by atoms with van der Waals surface area (Å²) in [5, 5.41) is 0. The number of nitrogens with zero attached hydrogens (tertiary/aromatic N) is 1. The molecule has 0 fully saturated rings. The maximum absolute atomic E-state index is 12.6. The molecule has 0 N–H and O–H groups in total. The Morgan fingerprint density at radius 2 is 1.70 bits per heavy atom. The van der Waals surface area contributed by atoms with Crippen LogP contribution < -0.4 is 4.74 Å². The Hall–Kier alpha value is -2.56. The first-order valence-corrected chi connectivity index (χ1v) is 7.47. The van der Waals surface area contributed by atoms with Crippen LogP contribution in [-0.4, -0.2) is 29.7 Å². The van der Waals surface area contributed by atoms with Crippen LogP contribution in [0.2, 0.25) is 0 Å². The molecule has 1 heterocycles. The molecule has 0 radical (unpaired) electrons. The molecule has 0 bridgehead atoms. The highest BCUT2D eigenvalue weighted by Crippen LogP contribution is 2.18. The lowest BCUT2D eigenvalue weighted by atomic mass is 10.1. The summed E-state index contributed by atoms with van der Waals surface area (Å²) < 4.78 is 10.5. The fraction of sp³-hybridized carbons (Fsp3) is 0.333. The van der Waals surface area contributed by atoms with Crippen LogP contribution in [0.4, 0.5) is 0 Å². The molecule has 5 heteroatoms. The van der Waals surface area contributed by atoms with E-state index in [9.17, 15) is 9.59 Å². The smallest absolute Gasteiger partial charge is 0.290 e. The number of ether oxygens (including phenoxy) is 1. The summed E-state index contributed by atoms with van der Waals surface area (Å²) >= 11 is 0. The summed E-state index contributed by atoms with van der Waals surface area (Å²) in [6.45, 7) is 5.74. The Morgan fingerprint density at radius 1 is 1.09 bits per heavy atom. The van der Waals surface area contributed by atoms with Gasteiger partial charge in [0.25, 0.3) is 5.91 Å². The molecule has 0 aliphatic heterocycles. The summed E-state index contributed by atoms with van der Waals surface area (Å²) in [6, 6.07) is 10.6. The molecule has 2 rings (SSSR count). The van der Waals surface area contributed by atoms with Gasteiger partial charge in [-0.15, -0.1) is 0 Å². The standard InChI is InChI=1S/C18H21NO4/c1-12(2)19(11-14-5-7-15(22-4)8-6-14)18(21)17-10-9-16(23-17)13(3)20/h5-10,12H,11H2,1-4H3. The van der Waals surface area contributed by atoms with Gasteiger partial charge in [0, 0.05) is 19.5 Å². The van der Waals surface area contributed by atoms with Crippen molar-refractivity contribution in [3.63, 3.8) is 0 Å². The number of methoxy groups -OCH3 is 1. The number of rotatable bonds is 6. The number of hydrogen-bond donors (Lipinski definition) is 0. The van der Waals surface area contributed by atoms with Gasteiger partial charge in [-0.2, -0.15) is 0 Å². The van der Waals surface area contributed by atoms with Gasteiger partial charge in [-0.1, -0.05) is 12.1 Å². The van der Waals surface area contributed by atoms with Gasteiger partial charge in [-0.05, 0) is 43.7 Å². The fourth-order valence-corrected chi connectivity index (χ4v) is 2.20. The highest BCUT2D eigenvalue weighted by molar-refractivity contribution is 5.95. The zero-order chi connectivity index (χ0) is 17.0. The van der Waals surface area contributed by atoms with E-state index in [1.54, 1.807) is 18.1 Å². The molecule has 1 aromatic heterocycles. The highest BCUT2D eigenvalue weighted by atomic mass is 16.5. The number of carbonyl (C=O) groups excluding carboxylic acids is 2. The van der Waals surface area contributed by atoms with E-state index in [0.717, 1.165) is 11.3 Å². The average molecular weight is 315 g/mol. The van der Waals surface area contributed by atoms with Gasteiger partial charge in [0.1, 0.15) is 5.75 Å². The number of ketones is 1. The molecule has 2 aromatic rings. The summed E-state index contributed by atoms with van der Waals surface area (Å²) in [7, 11) is 1.61. The van der Waals surface area contributed by atoms with E-state index in [1.807, 2.05) is 38.1 Å². The van der Waals surface area contributed by atoms with E-state index >= 15 is 0 Å². The predicted molar refractivity (Wildman–Crippen MR) is 86.7 cm³/mol. The van der Waals surface area contributed by atoms with E-state index in [2.05, 4.69) is 0 Å². The minimum absolute atomic E-state index is 0.00419. The molecule has 1 amide bonds. The van der Waals surface area contributed by atoms with Crippen LogP contribution in [0.1, 0.15) is 47.4 Å². The SMILES string of the molecule is COc1ccc(CN(C(=O)c2ccc(C(C)=O)o2)C(C)C)cc1. The third-order valence-corrected chi connectivity index (χ3v) is 3.56. The minimum Gasteiger partial charge on any atom is -0.497 e. The van der Waals surface area contributed by atoms with Gasteiger partial charge in [0.05, 0.1) is 7.11 Å². The van der Waals surface area contributed by atoms with Crippen molar-refractivity contribution in [1.82, 2.24) is 4.90 Å². The fourth-order valence-electron chi connectivity index (χ4n) is 2.20. The summed E-state index contributed by atoms with van der Waals surface area (Å²) in [6.07, 6.45) is 0. The monoisotopic (exact) mass is 315 g/mol. The second kappa shape index (κ2) is 7.13. The van der Waals surface area contributed by atoms with Crippen molar-refractivity contribution in [1.29, 1.82) is 0 Å². The molecule has 23 heavy (non-hydrogen) atoms. The Bertz CT molecular complexity index is 685. The van der Waals surface area contributed by atoms with E-state index < -0.39 is 0 Å². The number of benzene rings is 1. The van der Waals surface area contributed by atoms with Crippen LogP contribution in [0.25, 0.3) is 0 Å². The van der Waals surface area contributed by atoms with E-state index in [1.165, 1.54) is 13.0 Å². The number of carbonyl (C=O) groups is 2. The number of amides is 1. The third-order valence-electron chi connectivity index (χ3n) is 3.56. The summed E-state index contributed by atoms with van der Waals surface area (Å²) in [4.78, 5) is 25.7. The van der Waals surface area contributed by atoms with Gasteiger partial charge in [0.15, 0.2) is 17.3 Å². The van der Waals surface area contributed by atoms with Gasteiger partial charge in [0.2, 0.25) is 0 Å². The molecule has 0 aliphatic rings. The van der Waals surface area contributed by atoms with Crippen molar-refractivity contribution >= 4 is 11.7 Å². The first kappa shape index (κ1) is 16.8. The van der Waals surface area contributed by atoms with Crippen molar-refractivity contribution in [2.45, 2.75) is 33.4 Å². The van der Waals surface area contributed by atoms with Crippen LogP contribution in [-0.2, 0) is 6.54 Å². The largest absolute Gasteiger partial charge is 0.497 e. The average Bonchev–Trinajstić information content (AvgIpc) is 3.02. The molecule has 0 saturated carbocycles. The third kappa shape index (κ3) is 4.00. The van der Waals surface area contributed by atoms with Gasteiger partial charge in [-0.25, -0.2) is 0 Å². The normalized spacial score (nSPS) is 10.7. The predicted octanol–water partition coefficient (Wildman–Crippen LogP) is 3.54. The van der Waals surface area contributed by atoms with Crippen molar-refractivity contribution < 1.29 is 18.7 Å². The van der Waals surface area contributed by atoms with Gasteiger partial charge < -0.3 is 14.1 Å². The molecule has 1 aromatic carbocycles. The topological polar surface area (TPSA) is 59.8 Å². The summed E-state index contributed by atoms with van der Waals surface area (Å²) in [5.41, 5.74) is 0.992. The lowest BCUT2D eigenvalue weighted by Gasteiger charge is -2.26. The van der Waals surface area contributed by atoms with E-state index in [-0.39, 0.29) is 29.3 Å². The van der Waals surface area contributed by atoms with Crippen LogP contribution in [0.5, 0.6) is 5.75 Å². The zero-order valence-electron chi connectivity index (χ0n) is 13.8. The molecule has 122 valence electrons. The minimum atomic E-state index is -0.233. The maximum atomic E-state index is 12.6. The second-order valence-corrected chi connectivity index (χ2v) is 5.59. The van der Waals surface area contributed by atoms with E-state index in [0.29, 0.717) is 6.54 Å². The van der Waals surface area contributed by atoms with Crippen molar-refractivity contribution in [3.8, 4) is 5.75 Å². The van der Waals surface area contributed by atoms with E-state index in [4.69, 9.17) is 9.15 Å². The highest BCUT2D eigenvalue weighted by Gasteiger charge is 2.22. The Morgan fingerprint density at radius 3 is 2.17 bits per heavy atom. The number of Topliss-reactive ketones (excluding diaryl/α,β-unsaturated/α-hetero) is 1. The number of furan rings is 1. The Labute approximate surface area is 135 Å². The summed E-state index contributed by atoms with van der Waals surface area (Å²) in [5.74, 6) is 0.714. The lowest BCUT2D eigenvalue weighted by Crippen LogP contribution is -2.36. The van der Waals surface area contributed by atoms with Crippen LogP contribution in [0.15, 0.2) is 40.8 Å². The van der Waals surface area contributed by atoms with Crippen molar-refractivity contribution in [2.24, 2.45) is 0 Å². The Balaban J connectivity index is 2.19. The number of hydrogen-bond acceptors (Lipinski definition) is 4. The van der Waals surface area contributed by atoms with Crippen molar-refractivity contribution in [2.75, 3.05) is 7.11 Å². The van der Waals surface area contributed by atoms with Gasteiger partial charge >= 0.3 is 0 Å². The van der Waals surface area contributed by atoms with Gasteiger partial charge in [-0.3, -0.25) is 9.59 Å². The molecular formula is C18H21NO4. The molecular weight excluding hydrogens is 294 g/mol. The van der Waals surface area contributed by atoms with Crippen molar-refractivity contribution in [3.05, 3.63) is 53.5 Å². The zero-order valence-corrected chi connectivity index (χ0v) is 13.8. The van der Waals surface area contributed by atoms with Crippen LogP contribution >= 0.6 is 0 Å². The molecule has 0 aliphatic carbocycles. The first-order chi connectivity index (χ1) is 10.9. The molecule has 0 saturated heterocycles. The molecule has 0 atom stereocenters.